The first-order chi connectivity index (χ1) is 17.9. The number of ether oxygens (including phenoxy) is 2. The predicted molar refractivity (Wildman–Crippen MR) is 137 cm³/mol. The Morgan fingerprint density at radius 1 is 1.00 bits per heavy atom. The number of carbonyl (C=O) groups is 3. The summed E-state index contributed by atoms with van der Waals surface area (Å²) in [5, 5.41) is 10.3. The second-order valence-electron chi connectivity index (χ2n) is 11.4. The average Bonchev–Trinajstić information content (AvgIpc) is 3.27. The molecule has 0 radical (unpaired) electrons. The van der Waals surface area contributed by atoms with Crippen molar-refractivity contribution >= 4 is 17.8 Å². The van der Waals surface area contributed by atoms with Crippen LogP contribution in [0.1, 0.15) is 78.1 Å². The number of aliphatic hydroxyl groups excluding tert-OH is 1. The lowest BCUT2D eigenvalue weighted by atomic mass is 9.73. The molecule has 204 valence electrons. The highest BCUT2D eigenvalue weighted by atomic mass is 16.6. The number of cyclic esters (lactones) is 1. The summed E-state index contributed by atoms with van der Waals surface area (Å²) in [4.78, 5) is 46.0. The van der Waals surface area contributed by atoms with Gasteiger partial charge in [-0.2, -0.15) is 0 Å². The SMILES string of the molecule is CC[C@@H](CO)N1C(=O)[C@@H]2[C@@H]3C(=O)OCCCC/C=C\[C@]3(CC)O[C@@]23C=CCN(C2CCCCC2)C(=O)C13. The third-order valence-corrected chi connectivity index (χ3v) is 9.44. The van der Waals surface area contributed by atoms with Crippen LogP contribution in [0, 0.1) is 11.8 Å². The monoisotopic (exact) mass is 514 g/mol. The quantitative estimate of drug-likeness (QED) is 0.447. The van der Waals surface area contributed by atoms with Crippen molar-refractivity contribution in [1.29, 1.82) is 0 Å². The van der Waals surface area contributed by atoms with Gasteiger partial charge in [-0.1, -0.05) is 57.4 Å². The van der Waals surface area contributed by atoms with Gasteiger partial charge in [-0.05, 0) is 44.9 Å². The van der Waals surface area contributed by atoms with Crippen LogP contribution >= 0.6 is 0 Å². The van der Waals surface area contributed by atoms with E-state index in [1.807, 2.05) is 37.0 Å². The van der Waals surface area contributed by atoms with Crippen LogP contribution in [0.4, 0.5) is 0 Å². The molecular weight excluding hydrogens is 472 g/mol. The number of hydrogen-bond acceptors (Lipinski definition) is 6. The number of rotatable bonds is 5. The van der Waals surface area contributed by atoms with Crippen molar-refractivity contribution in [2.45, 2.75) is 107 Å². The van der Waals surface area contributed by atoms with Crippen molar-refractivity contribution in [2.24, 2.45) is 11.8 Å². The summed E-state index contributed by atoms with van der Waals surface area (Å²) in [5.41, 5.74) is -2.33. The molecule has 1 unspecified atom stereocenters. The van der Waals surface area contributed by atoms with E-state index in [0.29, 0.717) is 26.0 Å². The van der Waals surface area contributed by atoms with Crippen LogP contribution in [-0.4, -0.2) is 81.8 Å². The number of aliphatic hydroxyl groups is 1. The summed E-state index contributed by atoms with van der Waals surface area (Å²) in [6.45, 7) is 4.38. The Balaban J connectivity index is 1.65. The molecule has 0 aromatic rings. The molecule has 0 bridgehead atoms. The number of esters is 1. The lowest BCUT2D eigenvalue weighted by molar-refractivity contribution is -0.164. The van der Waals surface area contributed by atoms with Crippen molar-refractivity contribution in [1.82, 2.24) is 9.80 Å². The van der Waals surface area contributed by atoms with E-state index < -0.39 is 41.1 Å². The Morgan fingerprint density at radius 2 is 1.78 bits per heavy atom. The van der Waals surface area contributed by atoms with Crippen molar-refractivity contribution < 1.29 is 29.0 Å². The zero-order valence-corrected chi connectivity index (χ0v) is 22.3. The van der Waals surface area contributed by atoms with E-state index in [4.69, 9.17) is 9.47 Å². The molecule has 4 aliphatic heterocycles. The van der Waals surface area contributed by atoms with Gasteiger partial charge < -0.3 is 24.4 Å². The van der Waals surface area contributed by atoms with Crippen LogP contribution in [0.2, 0.25) is 0 Å². The van der Waals surface area contributed by atoms with Gasteiger partial charge in [-0.15, -0.1) is 0 Å². The summed E-state index contributed by atoms with van der Waals surface area (Å²) < 4.78 is 12.7. The maximum atomic E-state index is 14.5. The van der Waals surface area contributed by atoms with E-state index in [1.165, 1.54) is 6.42 Å². The molecule has 6 atom stereocenters. The Bertz CT molecular complexity index is 954. The lowest BCUT2D eigenvalue weighted by Crippen LogP contribution is -2.60. The summed E-state index contributed by atoms with van der Waals surface area (Å²) >= 11 is 0. The molecule has 8 nitrogen and oxygen atoms in total. The molecule has 2 saturated heterocycles. The first-order valence-electron chi connectivity index (χ1n) is 14.4. The zero-order chi connectivity index (χ0) is 26.2. The third kappa shape index (κ3) is 4.15. The Kier molecular flexibility index (Phi) is 7.51. The molecule has 8 heteroatoms. The number of hydrogen-bond donors (Lipinski definition) is 1. The van der Waals surface area contributed by atoms with Crippen molar-refractivity contribution in [2.75, 3.05) is 19.8 Å². The Hall–Kier alpha value is -2.19. The second-order valence-corrected chi connectivity index (χ2v) is 11.4. The van der Waals surface area contributed by atoms with E-state index >= 15 is 0 Å². The van der Waals surface area contributed by atoms with Crippen LogP contribution in [0.25, 0.3) is 0 Å². The van der Waals surface area contributed by atoms with E-state index in [9.17, 15) is 19.5 Å². The number of nitrogens with zero attached hydrogens (tertiary/aromatic N) is 2. The first kappa shape index (κ1) is 26.4. The molecule has 2 amide bonds. The number of fused-ring (bicyclic) bond motifs is 2. The van der Waals surface area contributed by atoms with Crippen LogP contribution in [-0.2, 0) is 23.9 Å². The summed E-state index contributed by atoms with van der Waals surface area (Å²) in [7, 11) is 0. The molecule has 1 saturated carbocycles. The molecule has 37 heavy (non-hydrogen) atoms. The largest absolute Gasteiger partial charge is 0.465 e. The minimum Gasteiger partial charge on any atom is -0.465 e. The number of allylic oxidation sites excluding steroid dienone is 1. The molecular formula is C29H42N2O6. The van der Waals surface area contributed by atoms with Crippen molar-refractivity contribution in [3.8, 4) is 0 Å². The fourth-order valence-corrected chi connectivity index (χ4v) is 7.52. The summed E-state index contributed by atoms with van der Waals surface area (Å²) in [5.74, 6) is -2.61. The van der Waals surface area contributed by atoms with E-state index in [-0.39, 0.29) is 24.5 Å². The van der Waals surface area contributed by atoms with Crippen LogP contribution < -0.4 is 0 Å². The molecule has 5 aliphatic rings. The van der Waals surface area contributed by atoms with Gasteiger partial charge in [0.2, 0.25) is 11.8 Å². The third-order valence-electron chi connectivity index (χ3n) is 9.44. The van der Waals surface area contributed by atoms with E-state index in [0.717, 1.165) is 44.9 Å². The van der Waals surface area contributed by atoms with Gasteiger partial charge in [0.25, 0.3) is 0 Å². The van der Waals surface area contributed by atoms with Gasteiger partial charge in [-0.3, -0.25) is 14.4 Å². The molecule has 3 fully saturated rings. The van der Waals surface area contributed by atoms with Gasteiger partial charge in [0.15, 0.2) is 0 Å². The topological polar surface area (TPSA) is 96.4 Å². The van der Waals surface area contributed by atoms with Gasteiger partial charge >= 0.3 is 5.97 Å². The zero-order valence-electron chi connectivity index (χ0n) is 22.3. The summed E-state index contributed by atoms with van der Waals surface area (Å²) in [6.07, 6.45) is 16.6. The van der Waals surface area contributed by atoms with Gasteiger partial charge in [0, 0.05) is 12.6 Å². The highest BCUT2D eigenvalue weighted by molar-refractivity contribution is 5.99. The van der Waals surface area contributed by atoms with Crippen molar-refractivity contribution in [3.63, 3.8) is 0 Å². The second kappa shape index (κ2) is 10.5. The first-order valence-corrected chi connectivity index (χ1v) is 14.4. The highest BCUT2D eigenvalue weighted by Crippen LogP contribution is 2.58. The highest BCUT2D eigenvalue weighted by Gasteiger charge is 2.75. The number of amides is 2. The molecule has 5 rings (SSSR count). The predicted octanol–water partition coefficient (Wildman–Crippen LogP) is 3.13. The molecule has 1 aliphatic carbocycles. The molecule has 0 aromatic carbocycles. The fraction of sp³-hybridized carbons (Fsp3) is 0.759. The fourth-order valence-electron chi connectivity index (χ4n) is 7.52. The average molecular weight is 515 g/mol. The van der Waals surface area contributed by atoms with Gasteiger partial charge in [0.1, 0.15) is 23.2 Å². The molecule has 0 aromatic heterocycles. The Labute approximate surface area is 220 Å². The smallest absolute Gasteiger partial charge is 0.313 e. The van der Waals surface area contributed by atoms with Crippen LogP contribution in [0.15, 0.2) is 24.3 Å². The molecule has 4 heterocycles. The lowest BCUT2D eigenvalue weighted by Gasteiger charge is -2.42. The minimum atomic E-state index is -1.29. The number of carbonyl (C=O) groups excluding carboxylic acids is 3. The van der Waals surface area contributed by atoms with Crippen molar-refractivity contribution in [3.05, 3.63) is 24.3 Å². The van der Waals surface area contributed by atoms with E-state index in [1.54, 1.807) is 4.90 Å². The molecule has 1 N–H and O–H groups in total. The van der Waals surface area contributed by atoms with Crippen LogP contribution in [0.5, 0.6) is 0 Å². The molecule has 1 spiro atoms. The normalized spacial score (nSPS) is 38.5. The van der Waals surface area contributed by atoms with Gasteiger partial charge in [-0.25, -0.2) is 0 Å². The standard InChI is InChI=1S/C29H42N2O6/c1-3-20(19-32)31-24-26(34)30(21-13-8-7-9-14-21)17-12-16-29(24)22(25(31)33)23-27(35)36-18-11-6-5-10-15-28(23,4-2)37-29/h10,12,15-16,20-24,32H,3-9,11,13-14,17-19H2,1-2H3/b15-10-/t20-,22-,23+,24?,28-,29-/m0/s1. The summed E-state index contributed by atoms with van der Waals surface area (Å²) in [6, 6.07) is -1.34. The maximum Gasteiger partial charge on any atom is 0.313 e. The Morgan fingerprint density at radius 3 is 2.49 bits per heavy atom. The maximum absolute atomic E-state index is 14.5. The van der Waals surface area contributed by atoms with Crippen LogP contribution in [0.3, 0.4) is 0 Å². The van der Waals surface area contributed by atoms with Gasteiger partial charge in [0.05, 0.1) is 25.2 Å². The van der Waals surface area contributed by atoms with E-state index in [2.05, 4.69) is 6.08 Å². The number of likely N-dealkylation sites (tertiary alicyclic amines) is 1. The minimum absolute atomic E-state index is 0.123.